The van der Waals surface area contributed by atoms with Crippen LogP contribution in [0.1, 0.15) is 6.42 Å². The summed E-state index contributed by atoms with van der Waals surface area (Å²) in [5.41, 5.74) is 0. The molecule has 2 atom stereocenters. The van der Waals surface area contributed by atoms with Crippen molar-refractivity contribution < 1.29 is 23.4 Å². The van der Waals surface area contributed by atoms with Crippen LogP contribution in [0.3, 0.4) is 0 Å². The monoisotopic (exact) mass is 339 g/mol. The molecule has 1 fully saturated rings. The van der Waals surface area contributed by atoms with E-state index in [-0.39, 0.29) is 27.9 Å². The highest BCUT2D eigenvalue weighted by atomic mass is 35.5. The predicted molar refractivity (Wildman–Crippen MR) is 72.4 cm³/mol. The van der Waals surface area contributed by atoms with Crippen LogP contribution in [0.25, 0.3) is 0 Å². The van der Waals surface area contributed by atoms with Crippen molar-refractivity contribution in [3.63, 3.8) is 0 Å². The molecule has 110 valence electrons. The number of hydrogen-bond acceptors (Lipinski definition) is 4. The van der Waals surface area contributed by atoms with Gasteiger partial charge in [-0.05, 0) is 18.2 Å². The van der Waals surface area contributed by atoms with E-state index in [1.165, 1.54) is 18.2 Å². The Bertz CT molecular complexity index is 628. The number of sulfonamides is 1. The van der Waals surface area contributed by atoms with Crippen molar-refractivity contribution in [2.75, 3.05) is 6.54 Å². The largest absolute Gasteiger partial charge is 0.480 e. The quantitative estimate of drug-likeness (QED) is 0.862. The Morgan fingerprint density at radius 1 is 1.25 bits per heavy atom. The third-order valence-electron chi connectivity index (χ3n) is 2.96. The predicted octanol–water partition coefficient (Wildman–Crippen LogP) is 1.20. The summed E-state index contributed by atoms with van der Waals surface area (Å²) in [7, 11) is -4.09. The molecule has 0 radical (unpaired) electrons. The summed E-state index contributed by atoms with van der Waals surface area (Å²) >= 11 is 11.5. The second-order valence-electron chi connectivity index (χ2n) is 4.42. The number of β-amino-alcohol motifs (C(OH)–C–C–N with tert-alkyl or cyclic N) is 1. The molecule has 0 bridgehead atoms. The van der Waals surface area contributed by atoms with Crippen LogP contribution in [0.15, 0.2) is 23.1 Å². The van der Waals surface area contributed by atoms with Crippen LogP contribution in [0.2, 0.25) is 10.0 Å². The summed E-state index contributed by atoms with van der Waals surface area (Å²) in [6.45, 7) is -0.274. The van der Waals surface area contributed by atoms with E-state index in [9.17, 15) is 18.3 Å². The van der Waals surface area contributed by atoms with Gasteiger partial charge in [-0.3, -0.25) is 4.79 Å². The van der Waals surface area contributed by atoms with Crippen molar-refractivity contribution in [3.05, 3.63) is 28.2 Å². The number of benzene rings is 1. The maximum absolute atomic E-state index is 12.4. The number of halogens is 2. The van der Waals surface area contributed by atoms with Crippen molar-refractivity contribution in [1.82, 2.24) is 4.31 Å². The van der Waals surface area contributed by atoms with Gasteiger partial charge >= 0.3 is 5.97 Å². The summed E-state index contributed by atoms with van der Waals surface area (Å²) in [5, 5.41) is 18.8. The zero-order valence-electron chi connectivity index (χ0n) is 10.0. The highest BCUT2D eigenvalue weighted by Gasteiger charge is 2.43. The van der Waals surface area contributed by atoms with E-state index < -0.39 is 28.1 Å². The van der Waals surface area contributed by atoms with E-state index in [1.807, 2.05) is 0 Å². The zero-order valence-corrected chi connectivity index (χ0v) is 12.4. The lowest BCUT2D eigenvalue weighted by molar-refractivity contribution is -0.140. The maximum Gasteiger partial charge on any atom is 0.322 e. The molecule has 6 nitrogen and oxygen atoms in total. The van der Waals surface area contributed by atoms with Crippen molar-refractivity contribution >= 4 is 39.2 Å². The molecule has 1 aromatic rings. The molecule has 1 aliphatic heterocycles. The van der Waals surface area contributed by atoms with Gasteiger partial charge in [0.1, 0.15) is 6.04 Å². The second-order valence-corrected chi connectivity index (χ2v) is 7.19. The number of aliphatic carboxylic acids is 1. The normalized spacial score (nSPS) is 23.9. The fourth-order valence-electron chi connectivity index (χ4n) is 2.09. The average molecular weight is 340 g/mol. The number of nitrogens with zero attached hydrogens (tertiary/aromatic N) is 1. The molecule has 1 saturated heterocycles. The number of rotatable bonds is 3. The van der Waals surface area contributed by atoms with E-state index >= 15 is 0 Å². The molecule has 1 aromatic carbocycles. The van der Waals surface area contributed by atoms with Crippen LogP contribution < -0.4 is 0 Å². The zero-order chi connectivity index (χ0) is 15.1. The van der Waals surface area contributed by atoms with Gasteiger partial charge in [-0.15, -0.1) is 0 Å². The highest BCUT2D eigenvalue weighted by Crippen LogP contribution is 2.29. The number of aliphatic hydroxyl groups is 1. The molecule has 9 heteroatoms. The molecule has 0 amide bonds. The third kappa shape index (κ3) is 2.91. The van der Waals surface area contributed by atoms with Crippen LogP contribution in [0, 0.1) is 0 Å². The SMILES string of the molecule is O=C(O)[C@H]1C[C@@H](O)CN1S(=O)(=O)c1cc(Cl)cc(Cl)c1. The Kier molecular flexibility index (Phi) is 4.27. The van der Waals surface area contributed by atoms with Gasteiger partial charge in [0.25, 0.3) is 0 Å². The Labute approximate surface area is 125 Å². The number of aliphatic hydroxyl groups excluding tert-OH is 1. The fourth-order valence-corrected chi connectivity index (χ4v) is 4.44. The van der Waals surface area contributed by atoms with Crippen LogP contribution in [0.4, 0.5) is 0 Å². The van der Waals surface area contributed by atoms with Crippen LogP contribution >= 0.6 is 23.2 Å². The van der Waals surface area contributed by atoms with Crippen molar-refractivity contribution in [2.24, 2.45) is 0 Å². The first kappa shape index (κ1) is 15.5. The van der Waals surface area contributed by atoms with Gasteiger partial charge in [0.2, 0.25) is 10.0 Å². The van der Waals surface area contributed by atoms with Gasteiger partial charge in [0, 0.05) is 23.0 Å². The smallest absolute Gasteiger partial charge is 0.322 e. The summed E-state index contributed by atoms with van der Waals surface area (Å²) in [4.78, 5) is 10.9. The Morgan fingerprint density at radius 3 is 2.30 bits per heavy atom. The minimum absolute atomic E-state index is 0.127. The number of carboxylic acid groups (broad SMARTS) is 1. The molecule has 1 heterocycles. The summed E-state index contributed by atoms with van der Waals surface area (Å²) in [6, 6.07) is 2.45. The molecule has 1 aliphatic rings. The minimum Gasteiger partial charge on any atom is -0.480 e. The first-order valence-corrected chi connectivity index (χ1v) is 7.80. The molecule has 0 spiro atoms. The molecule has 0 saturated carbocycles. The molecular weight excluding hydrogens is 329 g/mol. The van der Waals surface area contributed by atoms with Gasteiger partial charge in [-0.2, -0.15) is 4.31 Å². The van der Waals surface area contributed by atoms with E-state index in [0.717, 1.165) is 4.31 Å². The molecule has 0 aliphatic carbocycles. The van der Waals surface area contributed by atoms with E-state index in [0.29, 0.717) is 0 Å². The van der Waals surface area contributed by atoms with Gasteiger partial charge in [-0.25, -0.2) is 8.42 Å². The van der Waals surface area contributed by atoms with Gasteiger partial charge in [0.05, 0.1) is 11.0 Å². The standard InChI is InChI=1S/C11H11Cl2NO5S/c12-6-1-7(13)3-9(2-6)20(18,19)14-5-8(15)4-10(14)11(16)17/h1-3,8,10,15H,4-5H2,(H,16,17)/t8-,10-/m1/s1. The number of carbonyl (C=O) groups is 1. The number of hydrogen-bond donors (Lipinski definition) is 2. The minimum atomic E-state index is -4.09. The fraction of sp³-hybridized carbons (Fsp3) is 0.364. The van der Waals surface area contributed by atoms with Crippen molar-refractivity contribution in [1.29, 1.82) is 0 Å². The Balaban J connectivity index is 2.46. The lowest BCUT2D eigenvalue weighted by Crippen LogP contribution is -2.40. The molecule has 0 unspecified atom stereocenters. The highest BCUT2D eigenvalue weighted by molar-refractivity contribution is 7.89. The maximum atomic E-state index is 12.4. The Hall–Kier alpha value is -0.860. The van der Waals surface area contributed by atoms with E-state index in [2.05, 4.69) is 0 Å². The first-order valence-electron chi connectivity index (χ1n) is 5.60. The number of carboxylic acids is 1. The van der Waals surface area contributed by atoms with Gasteiger partial charge in [0.15, 0.2) is 0 Å². The second kappa shape index (κ2) is 5.50. The van der Waals surface area contributed by atoms with Gasteiger partial charge < -0.3 is 10.2 Å². The average Bonchev–Trinajstić information content (AvgIpc) is 2.71. The summed E-state index contributed by atoms with van der Waals surface area (Å²) < 4.78 is 25.6. The van der Waals surface area contributed by atoms with Crippen molar-refractivity contribution in [3.8, 4) is 0 Å². The molecular formula is C11H11Cl2NO5S. The Morgan fingerprint density at radius 2 is 1.80 bits per heavy atom. The lowest BCUT2D eigenvalue weighted by Gasteiger charge is -2.20. The third-order valence-corrected chi connectivity index (χ3v) is 5.25. The van der Waals surface area contributed by atoms with Crippen molar-refractivity contribution in [2.45, 2.75) is 23.5 Å². The summed E-state index contributed by atoms with van der Waals surface area (Å²) in [6.07, 6.45) is -1.16. The van der Waals surface area contributed by atoms with Crippen LogP contribution in [-0.2, 0) is 14.8 Å². The van der Waals surface area contributed by atoms with Crippen LogP contribution in [0.5, 0.6) is 0 Å². The lowest BCUT2D eigenvalue weighted by atomic mass is 10.2. The topological polar surface area (TPSA) is 94.9 Å². The van der Waals surface area contributed by atoms with Gasteiger partial charge in [-0.1, -0.05) is 23.2 Å². The molecule has 2 N–H and O–H groups in total. The molecule has 0 aromatic heterocycles. The van der Waals surface area contributed by atoms with Crippen LogP contribution in [-0.4, -0.2) is 47.6 Å². The summed E-state index contributed by atoms with van der Waals surface area (Å²) in [5.74, 6) is -1.31. The first-order chi connectivity index (χ1) is 9.21. The van der Waals surface area contributed by atoms with E-state index in [1.54, 1.807) is 0 Å². The molecule has 2 rings (SSSR count). The van der Waals surface area contributed by atoms with E-state index in [4.69, 9.17) is 28.3 Å². The molecule has 20 heavy (non-hydrogen) atoms.